The highest BCUT2D eigenvalue weighted by Gasteiger charge is 2.22. The topological polar surface area (TPSA) is 52.2 Å². The lowest BCUT2D eigenvalue weighted by Gasteiger charge is -2.34. The third-order valence-corrected chi connectivity index (χ3v) is 5.31. The van der Waals surface area contributed by atoms with Crippen molar-refractivity contribution in [3.8, 4) is 23.0 Å². The number of hydrogen-bond donors (Lipinski definition) is 1. The molecule has 0 amide bonds. The van der Waals surface area contributed by atoms with Gasteiger partial charge in [0.05, 0.1) is 14.2 Å². The molecule has 1 N–H and O–H groups in total. The highest BCUT2D eigenvalue weighted by Crippen LogP contribution is 2.36. The minimum absolute atomic E-state index is 0.317. The van der Waals surface area contributed by atoms with Crippen LogP contribution in [0.4, 0.5) is 5.69 Å². The van der Waals surface area contributed by atoms with Gasteiger partial charge in [-0.3, -0.25) is 0 Å². The molecule has 6 nitrogen and oxygen atoms in total. The molecule has 27 heavy (non-hydrogen) atoms. The minimum atomic E-state index is 0.317. The van der Waals surface area contributed by atoms with Gasteiger partial charge in [0.25, 0.3) is 0 Å². The van der Waals surface area contributed by atoms with Crippen LogP contribution in [-0.2, 0) is 6.54 Å². The zero-order chi connectivity index (χ0) is 18.6. The monoisotopic (exact) mass is 370 g/mol. The van der Waals surface area contributed by atoms with E-state index in [1.165, 1.54) is 5.69 Å². The Morgan fingerprint density at radius 3 is 2.41 bits per heavy atom. The Hall–Kier alpha value is -2.60. The fourth-order valence-electron chi connectivity index (χ4n) is 3.77. The number of rotatable bonds is 6. The Morgan fingerprint density at radius 2 is 1.70 bits per heavy atom. The smallest absolute Gasteiger partial charge is 0.231 e. The summed E-state index contributed by atoms with van der Waals surface area (Å²) in [5.41, 5.74) is 2.27. The number of nitrogens with zero attached hydrogens (tertiary/aromatic N) is 1. The van der Waals surface area contributed by atoms with E-state index in [-0.39, 0.29) is 0 Å². The molecule has 2 heterocycles. The van der Waals surface area contributed by atoms with Crippen LogP contribution in [0.1, 0.15) is 18.4 Å². The number of piperidine rings is 1. The molecule has 0 unspecified atom stereocenters. The first kappa shape index (κ1) is 17.8. The van der Waals surface area contributed by atoms with Gasteiger partial charge in [-0.1, -0.05) is 6.07 Å². The second kappa shape index (κ2) is 7.96. The van der Waals surface area contributed by atoms with Crippen LogP contribution in [0.3, 0.4) is 0 Å². The molecule has 4 rings (SSSR count). The molecule has 0 radical (unpaired) electrons. The van der Waals surface area contributed by atoms with E-state index in [0.29, 0.717) is 12.8 Å². The van der Waals surface area contributed by atoms with E-state index in [9.17, 15) is 0 Å². The second-order valence-electron chi connectivity index (χ2n) is 6.82. The van der Waals surface area contributed by atoms with E-state index in [0.717, 1.165) is 61.0 Å². The van der Waals surface area contributed by atoms with Crippen LogP contribution < -0.4 is 29.2 Å². The van der Waals surface area contributed by atoms with E-state index >= 15 is 0 Å². The summed E-state index contributed by atoms with van der Waals surface area (Å²) in [6, 6.07) is 12.6. The van der Waals surface area contributed by atoms with E-state index in [2.05, 4.69) is 22.3 Å². The van der Waals surface area contributed by atoms with Crippen molar-refractivity contribution in [2.24, 2.45) is 0 Å². The van der Waals surface area contributed by atoms with E-state index in [1.807, 2.05) is 24.3 Å². The Kier molecular flexibility index (Phi) is 5.25. The molecule has 2 aromatic rings. The fraction of sp³-hybridized carbons (Fsp3) is 0.429. The molecule has 1 fully saturated rings. The molecule has 2 aliphatic rings. The molecular formula is C21H26N2O4. The molecule has 0 atom stereocenters. The van der Waals surface area contributed by atoms with Gasteiger partial charge < -0.3 is 29.2 Å². The van der Waals surface area contributed by atoms with Gasteiger partial charge in [0.2, 0.25) is 6.79 Å². The predicted octanol–water partition coefficient (Wildman–Crippen LogP) is 3.19. The molecule has 0 spiro atoms. The Morgan fingerprint density at radius 1 is 1.00 bits per heavy atom. The van der Waals surface area contributed by atoms with E-state index in [1.54, 1.807) is 14.2 Å². The lowest BCUT2D eigenvalue weighted by atomic mass is 10.0. The zero-order valence-electron chi connectivity index (χ0n) is 15.9. The minimum Gasteiger partial charge on any atom is -0.496 e. The predicted molar refractivity (Wildman–Crippen MR) is 104 cm³/mol. The summed E-state index contributed by atoms with van der Waals surface area (Å²) in [7, 11) is 3.39. The molecule has 0 saturated carbocycles. The summed E-state index contributed by atoms with van der Waals surface area (Å²) in [6.45, 7) is 3.08. The van der Waals surface area contributed by atoms with Crippen LogP contribution >= 0.6 is 0 Å². The van der Waals surface area contributed by atoms with E-state index in [4.69, 9.17) is 18.9 Å². The van der Waals surface area contributed by atoms with Gasteiger partial charge >= 0.3 is 0 Å². The Labute approximate surface area is 160 Å². The van der Waals surface area contributed by atoms with Gasteiger partial charge in [-0.05, 0) is 37.1 Å². The first-order valence-corrected chi connectivity index (χ1v) is 9.36. The van der Waals surface area contributed by atoms with Crippen molar-refractivity contribution in [3.05, 3.63) is 42.0 Å². The first-order chi connectivity index (χ1) is 13.3. The second-order valence-corrected chi connectivity index (χ2v) is 6.82. The average molecular weight is 370 g/mol. The number of nitrogens with one attached hydrogen (secondary N) is 1. The summed E-state index contributed by atoms with van der Waals surface area (Å²) < 4.78 is 21.9. The highest BCUT2D eigenvalue weighted by atomic mass is 16.7. The summed E-state index contributed by atoms with van der Waals surface area (Å²) in [5.74, 6) is 3.40. The number of fused-ring (bicyclic) bond motifs is 1. The summed E-state index contributed by atoms with van der Waals surface area (Å²) >= 11 is 0. The molecule has 0 aliphatic carbocycles. The average Bonchev–Trinajstić information content (AvgIpc) is 3.20. The van der Waals surface area contributed by atoms with E-state index < -0.39 is 0 Å². The molecule has 2 aliphatic heterocycles. The van der Waals surface area contributed by atoms with Gasteiger partial charge in [0.1, 0.15) is 11.5 Å². The number of benzene rings is 2. The lowest BCUT2D eigenvalue weighted by Crippen LogP contribution is -2.42. The van der Waals surface area contributed by atoms with Crippen molar-refractivity contribution in [3.63, 3.8) is 0 Å². The Bertz CT molecular complexity index is 765. The molecule has 144 valence electrons. The number of anilines is 1. The number of hydrogen-bond acceptors (Lipinski definition) is 6. The quantitative estimate of drug-likeness (QED) is 0.843. The maximum atomic E-state index is 5.50. The van der Waals surface area contributed by atoms with Crippen molar-refractivity contribution < 1.29 is 18.9 Å². The molecule has 0 aromatic heterocycles. The summed E-state index contributed by atoms with van der Waals surface area (Å²) in [5, 5.41) is 3.67. The SMILES string of the molecule is COc1cccc(OC)c1CNC1CCN(c2ccc3c(c2)OCO3)CC1. The standard InChI is InChI=1S/C21H26N2O4/c1-24-18-4-3-5-19(25-2)17(18)13-22-15-8-10-23(11-9-15)16-6-7-20-21(12-16)27-14-26-20/h3-7,12,15,22H,8-11,13-14H2,1-2H3. The van der Waals surface area contributed by atoms with Gasteiger partial charge in [-0.15, -0.1) is 0 Å². The first-order valence-electron chi connectivity index (χ1n) is 9.36. The fourth-order valence-corrected chi connectivity index (χ4v) is 3.77. The van der Waals surface area contributed by atoms with Crippen LogP contribution in [0, 0.1) is 0 Å². The number of methoxy groups -OCH3 is 2. The molecule has 0 bridgehead atoms. The maximum Gasteiger partial charge on any atom is 0.231 e. The van der Waals surface area contributed by atoms with Crippen molar-refractivity contribution in [2.45, 2.75) is 25.4 Å². The van der Waals surface area contributed by atoms with Gasteiger partial charge in [0, 0.05) is 43.0 Å². The molecule has 6 heteroatoms. The molecule has 2 aromatic carbocycles. The van der Waals surface area contributed by atoms with Crippen molar-refractivity contribution in [1.82, 2.24) is 5.32 Å². The Balaban J connectivity index is 1.34. The van der Waals surface area contributed by atoms with Gasteiger partial charge in [-0.25, -0.2) is 0 Å². The summed E-state index contributed by atoms with van der Waals surface area (Å²) in [4.78, 5) is 2.41. The third kappa shape index (κ3) is 3.76. The van der Waals surface area contributed by atoms with Crippen LogP contribution in [0.15, 0.2) is 36.4 Å². The van der Waals surface area contributed by atoms with Crippen LogP contribution in [0.2, 0.25) is 0 Å². The molecule has 1 saturated heterocycles. The van der Waals surface area contributed by atoms with Crippen molar-refractivity contribution >= 4 is 5.69 Å². The van der Waals surface area contributed by atoms with Gasteiger partial charge in [-0.2, -0.15) is 0 Å². The molecular weight excluding hydrogens is 344 g/mol. The summed E-state index contributed by atoms with van der Waals surface area (Å²) in [6.07, 6.45) is 2.18. The van der Waals surface area contributed by atoms with Crippen molar-refractivity contribution in [2.75, 3.05) is 39.0 Å². The zero-order valence-corrected chi connectivity index (χ0v) is 15.9. The maximum absolute atomic E-state index is 5.50. The lowest BCUT2D eigenvalue weighted by molar-refractivity contribution is 0.174. The largest absolute Gasteiger partial charge is 0.496 e. The third-order valence-electron chi connectivity index (χ3n) is 5.31. The van der Waals surface area contributed by atoms with Crippen LogP contribution in [0.25, 0.3) is 0 Å². The van der Waals surface area contributed by atoms with Crippen LogP contribution in [-0.4, -0.2) is 40.1 Å². The van der Waals surface area contributed by atoms with Crippen LogP contribution in [0.5, 0.6) is 23.0 Å². The number of ether oxygens (including phenoxy) is 4. The highest BCUT2D eigenvalue weighted by molar-refractivity contribution is 5.57. The van der Waals surface area contributed by atoms with Gasteiger partial charge in [0.15, 0.2) is 11.5 Å². The normalized spacial score (nSPS) is 16.4. The van der Waals surface area contributed by atoms with Crippen molar-refractivity contribution in [1.29, 1.82) is 0 Å².